The Morgan fingerprint density at radius 2 is 0.877 bits per heavy atom. The predicted molar refractivity (Wildman–Crippen MR) is 435 cm³/mol. The standard InChI is InChI=1S/C33H40N6O4.C30H36N6O5.C20H32N6O4/c1-33(2,3)43-32(42)39(20-24-15-17-26(18-16-24)25-13-9-6-10-14-25)31-35-29(37(4)19-23-11-7-5-8-12-23)28-30(36-31)38(22-34-28)21-27(40)41;1-30(2,3)41-29(39)36(17-20-11-13-22(14-12-20)21-8-5-4-6-9-21)28-33-26(31-16-23-10-7-15-40-23)25-27(34-28)35(19-32-25)18-24(37)38;1-7-9-10-11-26(19(29)30-20(3,4)5)18-22-16(24(6)8-2)15-17(23-18)25(13-21-15)12-14(27)28/h5,7-8,11-12,15-18,22,25H,6,9-10,13-14,19-21H2,1-4H3,(H,40,41);7,10-15,19,21H,4-6,8-9,16-18H2,1-3H3,(H,37,38)(H,31,33,34);13H,7-12H2,1-6H3,(H,27,28). The molecule has 0 bridgehead atoms. The number of aromatic nitrogens is 12. The molecule has 4 N–H and O–H groups in total. The molecule has 0 atom stereocenters. The zero-order valence-electron chi connectivity index (χ0n) is 67.7. The van der Waals surface area contributed by atoms with Crippen molar-refractivity contribution in [1.29, 1.82) is 0 Å². The number of furan rings is 1. The molecule has 7 heterocycles. The molecule has 12 rings (SSSR count). The third-order valence-corrected chi connectivity index (χ3v) is 19.1. The molecule has 2 aliphatic rings. The topological polar surface area (TPSA) is 363 Å². The second kappa shape index (κ2) is 38.2. The van der Waals surface area contributed by atoms with Crippen molar-refractivity contribution in [2.24, 2.45) is 0 Å². The van der Waals surface area contributed by atoms with Crippen LogP contribution in [0.15, 0.2) is 121 Å². The number of amides is 3. The summed E-state index contributed by atoms with van der Waals surface area (Å²) >= 11 is 0. The van der Waals surface area contributed by atoms with Crippen molar-refractivity contribution in [2.75, 3.05) is 57.0 Å². The van der Waals surface area contributed by atoms with Crippen molar-refractivity contribution in [2.45, 2.75) is 234 Å². The van der Waals surface area contributed by atoms with Gasteiger partial charge in [0.25, 0.3) is 0 Å². The minimum atomic E-state index is -1.04. The van der Waals surface area contributed by atoms with Gasteiger partial charge in [0.15, 0.2) is 50.9 Å². The van der Waals surface area contributed by atoms with Gasteiger partial charge >= 0.3 is 36.2 Å². The van der Waals surface area contributed by atoms with E-state index in [9.17, 15) is 44.1 Å². The Kier molecular flexibility index (Phi) is 28.3. The summed E-state index contributed by atoms with van der Waals surface area (Å²) in [7, 11) is 3.74. The molecule has 3 amide bonds. The third kappa shape index (κ3) is 23.4. The van der Waals surface area contributed by atoms with Crippen LogP contribution in [0.5, 0.6) is 0 Å². The molecule has 31 nitrogen and oxygen atoms in total. The van der Waals surface area contributed by atoms with Crippen molar-refractivity contribution in [1.82, 2.24) is 58.6 Å². The van der Waals surface area contributed by atoms with Crippen molar-refractivity contribution >= 4 is 105 Å². The maximum absolute atomic E-state index is 13.7. The molecule has 114 heavy (non-hydrogen) atoms. The largest absolute Gasteiger partial charge is 0.480 e. The second-order valence-electron chi connectivity index (χ2n) is 31.8. The molecular weight excluding hydrogens is 1460 g/mol. The van der Waals surface area contributed by atoms with Gasteiger partial charge < -0.3 is 62.8 Å². The molecule has 608 valence electrons. The second-order valence-corrected chi connectivity index (χ2v) is 31.8. The molecule has 0 radical (unpaired) electrons. The van der Waals surface area contributed by atoms with Gasteiger partial charge in [-0.05, 0) is 153 Å². The van der Waals surface area contributed by atoms with Crippen molar-refractivity contribution < 1.29 is 62.7 Å². The number of carboxylic acid groups (broad SMARTS) is 3. The fourth-order valence-corrected chi connectivity index (χ4v) is 13.4. The lowest BCUT2D eigenvalue weighted by atomic mass is 9.84. The van der Waals surface area contributed by atoms with Crippen molar-refractivity contribution in [3.8, 4) is 0 Å². The molecule has 3 aromatic carbocycles. The maximum atomic E-state index is 13.7. The third-order valence-electron chi connectivity index (χ3n) is 19.1. The molecule has 0 unspecified atom stereocenters. The number of carbonyl (C=O) groups excluding carboxylic acids is 3. The first-order chi connectivity index (χ1) is 54.3. The van der Waals surface area contributed by atoms with E-state index in [1.165, 1.54) is 123 Å². The Hall–Kier alpha value is -11.8. The predicted octanol–water partition coefficient (Wildman–Crippen LogP) is 15.9. The van der Waals surface area contributed by atoms with E-state index in [4.69, 9.17) is 28.6 Å². The summed E-state index contributed by atoms with van der Waals surface area (Å²) in [5.74, 6) is 0.448. The Bertz CT molecular complexity index is 4880. The lowest BCUT2D eigenvalue weighted by molar-refractivity contribution is -0.138. The molecule has 2 fully saturated rings. The summed E-state index contributed by atoms with van der Waals surface area (Å²) in [5.41, 5.74) is 5.61. The van der Waals surface area contributed by atoms with E-state index in [-0.39, 0.29) is 56.2 Å². The van der Waals surface area contributed by atoms with Crippen molar-refractivity contribution in [3.05, 3.63) is 150 Å². The lowest BCUT2D eigenvalue weighted by Crippen LogP contribution is -2.39. The first kappa shape index (κ1) is 84.7. The summed E-state index contributed by atoms with van der Waals surface area (Å²) in [6, 6.07) is 30.3. The number of hydrogen-bond acceptors (Lipinski definition) is 22. The van der Waals surface area contributed by atoms with Gasteiger partial charge in [0.05, 0.1) is 44.9 Å². The van der Waals surface area contributed by atoms with Crippen LogP contribution in [-0.4, -0.2) is 154 Å². The maximum Gasteiger partial charge on any atom is 0.417 e. The SMILES string of the molecule is CC(C)(C)OC(=O)N(Cc1ccc(C2CCCCC2)cc1)c1nc(NCc2ccco2)c2ncn(CC(=O)O)c2n1.CCCCCN(C(=O)OC(C)(C)C)c1nc(N(C)CC)c2ncn(CC(=O)O)c2n1.CN(Cc1ccccc1)c1nc(N(Cc2ccc(C3CCCCC3)cc2)C(=O)OC(C)(C)C)nc2c1ncn2CC(=O)O. The number of aliphatic carboxylic acids is 3. The lowest BCUT2D eigenvalue weighted by Gasteiger charge is -2.27. The van der Waals surface area contributed by atoms with Crippen LogP contribution < -0.4 is 29.8 Å². The van der Waals surface area contributed by atoms with Gasteiger partial charge in [-0.3, -0.25) is 14.4 Å². The highest BCUT2D eigenvalue weighted by molar-refractivity contribution is 5.93. The summed E-state index contributed by atoms with van der Waals surface area (Å²) in [6.07, 6.45) is 19.3. The zero-order chi connectivity index (χ0) is 82.0. The van der Waals surface area contributed by atoms with Crippen LogP contribution in [-0.2, 0) is 74.4 Å². The number of rotatable bonds is 27. The van der Waals surface area contributed by atoms with Crippen molar-refractivity contribution in [3.63, 3.8) is 0 Å². The van der Waals surface area contributed by atoms with E-state index in [0.29, 0.717) is 89.1 Å². The highest BCUT2D eigenvalue weighted by atomic mass is 16.6. The van der Waals surface area contributed by atoms with Crippen LogP contribution in [0.25, 0.3) is 33.5 Å². The number of benzene rings is 3. The number of fused-ring (bicyclic) bond motifs is 3. The minimum absolute atomic E-state index is 0.0668. The number of ether oxygens (including phenoxy) is 3. The van der Waals surface area contributed by atoms with Gasteiger partial charge in [0, 0.05) is 33.7 Å². The fraction of sp³-hybridized carbons (Fsp3) is 0.482. The van der Waals surface area contributed by atoms with E-state index >= 15 is 0 Å². The fourth-order valence-electron chi connectivity index (χ4n) is 13.4. The van der Waals surface area contributed by atoms with Crippen LogP contribution in [0.3, 0.4) is 0 Å². The Balaban J connectivity index is 0.000000184. The monoisotopic (exact) mass is 1560 g/mol. The normalized spacial score (nSPS) is 13.4. The quantitative estimate of drug-likeness (QED) is 0.0274. The van der Waals surface area contributed by atoms with Crippen LogP contribution in [0.2, 0.25) is 0 Å². The first-order valence-corrected chi connectivity index (χ1v) is 39.1. The number of unbranched alkanes of at least 4 members (excludes halogenated alkanes) is 2. The summed E-state index contributed by atoms with van der Waals surface area (Å²) in [4.78, 5) is 124. The van der Waals surface area contributed by atoms with Crippen LogP contribution >= 0.6 is 0 Å². The number of imidazole rings is 3. The van der Waals surface area contributed by atoms with E-state index in [0.717, 1.165) is 36.0 Å². The van der Waals surface area contributed by atoms with Gasteiger partial charge in [-0.25, -0.2) is 44.0 Å². The molecule has 10 aromatic rings. The molecule has 2 aliphatic carbocycles. The molecular formula is C83H108N18O13. The van der Waals surface area contributed by atoms with E-state index in [2.05, 4.69) is 83.5 Å². The molecule has 2 saturated carbocycles. The van der Waals surface area contributed by atoms with Crippen LogP contribution in [0.1, 0.15) is 205 Å². The van der Waals surface area contributed by atoms with E-state index < -0.39 is 53.0 Å². The zero-order valence-corrected chi connectivity index (χ0v) is 67.7. The van der Waals surface area contributed by atoms with Crippen LogP contribution in [0, 0.1) is 0 Å². The number of nitrogens with one attached hydrogen (secondary N) is 1. The molecule has 0 aliphatic heterocycles. The Morgan fingerprint density at radius 1 is 0.474 bits per heavy atom. The summed E-state index contributed by atoms with van der Waals surface area (Å²) in [5, 5.41) is 31.4. The van der Waals surface area contributed by atoms with E-state index in [1.54, 1.807) is 53.9 Å². The Morgan fingerprint density at radius 3 is 1.29 bits per heavy atom. The molecule has 31 heteroatoms. The number of carbonyl (C=O) groups is 6. The molecule has 0 spiro atoms. The summed E-state index contributed by atoms with van der Waals surface area (Å²) in [6.45, 7) is 21.5. The van der Waals surface area contributed by atoms with Gasteiger partial charge in [-0.2, -0.15) is 29.9 Å². The minimum Gasteiger partial charge on any atom is -0.480 e. The van der Waals surface area contributed by atoms with Gasteiger partial charge in [0.1, 0.15) is 42.2 Å². The molecule has 0 saturated heterocycles. The van der Waals surface area contributed by atoms with Crippen LogP contribution in [0.4, 0.5) is 49.7 Å². The molecule has 7 aromatic heterocycles. The van der Waals surface area contributed by atoms with Gasteiger partial charge in [0.2, 0.25) is 17.8 Å². The smallest absolute Gasteiger partial charge is 0.417 e. The Labute approximate surface area is 664 Å². The first-order valence-electron chi connectivity index (χ1n) is 39.1. The average Bonchev–Trinajstić information content (AvgIpc) is 1.38. The van der Waals surface area contributed by atoms with Gasteiger partial charge in [-0.1, -0.05) is 137 Å². The summed E-state index contributed by atoms with van der Waals surface area (Å²) < 4.78 is 26.9. The van der Waals surface area contributed by atoms with E-state index in [1.807, 2.05) is 100 Å². The average molecular weight is 1570 g/mol. The highest BCUT2D eigenvalue weighted by Gasteiger charge is 2.33. The number of anilines is 6. The number of nitrogens with zero attached hydrogens (tertiary/aromatic N) is 17. The van der Waals surface area contributed by atoms with Gasteiger partial charge in [-0.15, -0.1) is 0 Å². The number of carboxylic acids is 3. The number of hydrogen-bond donors (Lipinski definition) is 4. The highest BCUT2D eigenvalue weighted by Crippen LogP contribution is 2.37.